The second-order valence-electron chi connectivity index (χ2n) is 4.68. The van der Waals surface area contributed by atoms with Gasteiger partial charge in [-0.3, -0.25) is 0 Å². The molecule has 2 aliphatic rings. The zero-order valence-electron chi connectivity index (χ0n) is 9.48. The summed E-state index contributed by atoms with van der Waals surface area (Å²) in [6.45, 7) is 0.647. The van der Waals surface area contributed by atoms with E-state index in [1.807, 2.05) is 0 Å². The first-order valence-corrected chi connectivity index (χ1v) is 5.94. The molecule has 1 aromatic rings. The van der Waals surface area contributed by atoms with Crippen LogP contribution in [0.5, 0.6) is 0 Å². The summed E-state index contributed by atoms with van der Waals surface area (Å²) in [6, 6.07) is 1.23. The van der Waals surface area contributed by atoms with Crippen LogP contribution in [0.1, 0.15) is 36.9 Å². The Bertz CT molecular complexity index is 366. The van der Waals surface area contributed by atoms with Crippen molar-refractivity contribution in [1.29, 1.82) is 0 Å². The fraction of sp³-hybridized carbons (Fsp3) is 0.818. The summed E-state index contributed by atoms with van der Waals surface area (Å²) in [5.74, 6) is 2.01. The Morgan fingerprint density at radius 3 is 3.12 bits per heavy atom. The molecule has 0 amide bonds. The maximum Gasteiger partial charge on any atom is 0.231 e. The molecule has 2 saturated heterocycles. The van der Waals surface area contributed by atoms with Crippen LogP contribution >= 0.6 is 0 Å². The number of methoxy groups -OCH3 is 1. The molecule has 2 bridgehead atoms. The van der Waals surface area contributed by atoms with Gasteiger partial charge in [0.2, 0.25) is 5.89 Å². The van der Waals surface area contributed by atoms with E-state index in [9.17, 15) is 0 Å². The third-order valence-electron chi connectivity index (χ3n) is 3.63. The maximum atomic E-state index is 5.34. The van der Waals surface area contributed by atoms with Gasteiger partial charge in [-0.1, -0.05) is 5.16 Å². The van der Waals surface area contributed by atoms with Crippen molar-refractivity contribution < 1.29 is 9.26 Å². The molecule has 5 heteroatoms. The van der Waals surface area contributed by atoms with Crippen molar-refractivity contribution in [2.75, 3.05) is 13.7 Å². The lowest BCUT2D eigenvalue weighted by Crippen LogP contribution is -2.21. The lowest BCUT2D eigenvalue weighted by Gasteiger charge is -2.15. The van der Waals surface area contributed by atoms with Crippen molar-refractivity contribution in [2.24, 2.45) is 0 Å². The highest BCUT2D eigenvalue weighted by Crippen LogP contribution is 2.39. The molecule has 0 saturated carbocycles. The SMILES string of the molecule is COCCc1noc(C2CC3CCC2N3)n1. The van der Waals surface area contributed by atoms with Crippen LogP contribution in [0.25, 0.3) is 0 Å². The molecule has 0 aliphatic carbocycles. The van der Waals surface area contributed by atoms with Gasteiger partial charge in [0.25, 0.3) is 0 Å². The highest BCUT2D eigenvalue weighted by molar-refractivity contribution is 5.09. The molecule has 0 spiro atoms. The summed E-state index contributed by atoms with van der Waals surface area (Å²) in [5, 5.41) is 7.56. The highest BCUT2D eigenvalue weighted by atomic mass is 16.5. The number of hydrogen-bond donors (Lipinski definition) is 1. The van der Waals surface area contributed by atoms with Gasteiger partial charge in [0.1, 0.15) is 0 Å². The van der Waals surface area contributed by atoms with Gasteiger partial charge >= 0.3 is 0 Å². The van der Waals surface area contributed by atoms with Gasteiger partial charge in [-0.25, -0.2) is 0 Å². The van der Waals surface area contributed by atoms with Crippen LogP contribution in [0.4, 0.5) is 0 Å². The molecule has 3 unspecified atom stereocenters. The quantitative estimate of drug-likeness (QED) is 0.820. The van der Waals surface area contributed by atoms with Gasteiger partial charge in [0, 0.05) is 25.6 Å². The summed E-state index contributed by atoms with van der Waals surface area (Å²) in [6.07, 6.45) is 4.42. The van der Waals surface area contributed by atoms with E-state index in [1.54, 1.807) is 7.11 Å². The Morgan fingerprint density at radius 2 is 2.44 bits per heavy atom. The fourth-order valence-electron chi connectivity index (χ4n) is 2.81. The number of ether oxygens (including phenoxy) is 1. The van der Waals surface area contributed by atoms with Crippen molar-refractivity contribution in [3.05, 3.63) is 11.7 Å². The van der Waals surface area contributed by atoms with E-state index < -0.39 is 0 Å². The van der Waals surface area contributed by atoms with E-state index in [2.05, 4.69) is 15.5 Å². The molecule has 0 radical (unpaired) electrons. The van der Waals surface area contributed by atoms with Crippen LogP contribution in [-0.4, -0.2) is 35.9 Å². The van der Waals surface area contributed by atoms with Gasteiger partial charge in [-0.05, 0) is 19.3 Å². The van der Waals surface area contributed by atoms with E-state index in [0.717, 1.165) is 24.6 Å². The zero-order chi connectivity index (χ0) is 11.0. The number of aromatic nitrogens is 2. The Labute approximate surface area is 94.6 Å². The minimum Gasteiger partial charge on any atom is -0.384 e. The first-order valence-electron chi connectivity index (χ1n) is 5.94. The molecule has 3 atom stereocenters. The lowest BCUT2D eigenvalue weighted by molar-refractivity contribution is 0.199. The highest BCUT2D eigenvalue weighted by Gasteiger charge is 2.42. The summed E-state index contributed by atoms with van der Waals surface area (Å²) in [7, 11) is 1.68. The Hall–Kier alpha value is -0.940. The van der Waals surface area contributed by atoms with Crippen LogP contribution < -0.4 is 5.32 Å². The molecule has 2 aliphatic heterocycles. The van der Waals surface area contributed by atoms with Gasteiger partial charge in [-0.2, -0.15) is 4.98 Å². The Kier molecular flexibility index (Phi) is 2.65. The summed E-state index contributed by atoms with van der Waals surface area (Å²) in [4.78, 5) is 4.45. The predicted molar refractivity (Wildman–Crippen MR) is 57.2 cm³/mol. The molecule has 1 aromatic heterocycles. The molecule has 2 fully saturated rings. The fourth-order valence-corrected chi connectivity index (χ4v) is 2.81. The standard InChI is InChI=1S/C11H17N3O2/c1-15-5-4-10-13-11(16-14-10)8-6-7-2-3-9(8)12-7/h7-9,12H,2-6H2,1H3. The topological polar surface area (TPSA) is 60.2 Å². The second kappa shape index (κ2) is 4.14. The molecule has 16 heavy (non-hydrogen) atoms. The minimum absolute atomic E-state index is 0.433. The van der Waals surface area contributed by atoms with Crippen LogP contribution in [0.2, 0.25) is 0 Å². The van der Waals surface area contributed by atoms with E-state index in [4.69, 9.17) is 9.26 Å². The molecule has 1 N–H and O–H groups in total. The van der Waals surface area contributed by atoms with Crippen molar-refractivity contribution in [3.63, 3.8) is 0 Å². The second-order valence-corrected chi connectivity index (χ2v) is 4.68. The van der Waals surface area contributed by atoms with Crippen molar-refractivity contribution in [3.8, 4) is 0 Å². The number of fused-ring (bicyclic) bond motifs is 2. The molecule has 0 aromatic carbocycles. The predicted octanol–water partition coefficient (Wildman–Crippen LogP) is 0.866. The van der Waals surface area contributed by atoms with Crippen LogP contribution in [0.3, 0.4) is 0 Å². The average molecular weight is 223 g/mol. The number of nitrogens with one attached hydrogen (secondary N) is 1. The van der Waals surface area contributed by atoms with Crippen molar-refractivity contribution >= 4 is 0 Å². The Balaban J connectivity index is 1.68. The summed E-state index contributed by atoms with van der Waals surface area (Å²) in [5.41, 5.74) is 0. The molecular weight excluding hydrogens is 206 g/mol. The van der Waals surface area contributed by atoms with E-state index in [1.165, 1.54) is 12.8 Å². The molecule has 5 nitrogen and oxygen atoms in total. The third-order valence-corrected chi connectivity index (χ3v) is 3.63. The normalized spacial score (nSPS) is 32.4. The number of rotatable bonds is 4. The zero-order valence-corrected chi connectivity index (χ0v) is 9.48. The van der Waals surface area contributed by atoms with Crippen LogP contribution in [0.15, 0.2) is 4.52 Å². The van der Waals surface area contributed by atoms with Gasteiger partial charge in [0.15, 0.2) is 5.82 Å². The molecule has 3 heterocycles. The van der Waals surface area contributed by atoms with E-state index in [-0.39, 0.29) is 0 Å². The largest absolute Gasteiger partial charge is 0.384 e. The Morgan fingerprint density at radius 1 is 1.50 bits per heavy atom. The van der Waals surface area contributed by atoms with E-state index in [0.29, 0.717) is 24.6 Å². The van der Waals surface area contributed by atoms with Crippen molar-refractivity contribution in [1.82, 2.24) is 15.5 Å². The lowest BCUT2D eigenvalue weighted by atomic mass is 9.89. The third kappa shape index (κ3) is 1.74. The summed E-state index contributed by atoms with van der Waals surface area (Å²) >= 11 is 0. The van der Waals surface area contributed by atoms with Gasteiger partial charge in [-0.15, -0.1) is 0 Å². The van der Waals surface area contributed by atoms with Gasteiger partial charge < -0.3 is 14.6 Å². The molecule has 3 rings (SSSR count). The average Bonchev–Trinajstić information content (AvgIpc) is 3.01. The van der Waals surface area contributed by atoms with Crippen molar-refractivity contribution in [2.45, 2.75) is 43.7 Å². The van der Waals surface area contributed by atoms with E-state index >= 15 is 0 Å². The first-order chi connectivity index (χ1) is 7.86. The molecular formula is C11H17N3O2. The molecule has 88 valence electrons. The van der Waals surface area contributed by atoms with Gasteiger partial charge in [0.05, 0.1) is 12.5 Å². The monoisotopic (exact) mass is 223 g/mol. The minimum atomic E-state index is 0.433. The van der Waals surface area contributed by atoms with Crippen LogP contribution in [-0.2, 0) is 11.2 Å². The number of nitrogens with zero attached hydrogens (tertiary/aromatic N) is 2. The number of hydrogen-bond acceptors (Lipinski definition) is 5. The maximum absolute atomic E-state index is 5.34. The smallest absolute Gasteiger partial charge is 0.231 e. The van der Waals surface area contributed by atoms with Crippen LogP contribution in [0, 0.1) is 0 Å². The summed E-state index contributed by atoms with van der Waals surface area (Å²) < 4.78 is 10.3. The first kappa shape index (κ1) is 10.2.